The predicted molar refractivity (Wildman–Crippen MR) is 79.3 cm³/mol. The van der Waals surface area contributed by atoms with Gasteiger partial charge in [-0.05, 0) is 30.7 Å². The van der Waals surface area contributed by atoms with Crippen molar-refractivity contribution in [1.82, 2.24) is 19.6 Å². The number of halogens is 1. The van der Waals surface area contributed by atoms with Crippen LogP contribution < -0.4 is 5.32 Å². The summed E-state index contributed by atoms with van der Waals surface area (Å²) in [6.07, 6.45) is 3.97. The molecule has 0 spiro atoms. The zero-order chi connectivity index (χ0) is 14.4. The molecule has 3 heterocycles. The standard InChI is InChI=1S/C14H12ClN5O/c15-13-1-2-14-17-7-11(20(14)19-13)9-5-8(3-4-16-9)18-10-6-12(10)21/h1-5,7,10,12,21H,6H2,(H,16,18). The summed E-state index contributed by atoms with van der Waals surface area (Å²) in [7, 11) is 0. The summed E-state index contributed by atoms with van der Waals surface area (Å²) >= 11 is 5.94. The van der Waals surface area contributed by atoms with Crippen LogP contribution in [0.3, 0.4) is 0 Å². The zero-order valence-corrected chi connectivity index (χ0v) is 11.7. The minimum Gasteiger partial charge on any atom is -0.391 e. The van der Waals surface area contributed by atoms with Gasteiger partial charge in [0.2, 0.25) is 0 Å². The lowest BCUT2D eigenvalue weighted by Crippen LogP contribution is -2.06. The van der Waals surface area contributed by atoms with Crippen molar-refractivity contribution in [3.05, 3.63) is 41.8 Å². The second-order valence-corrected chi connectivity index (χ2v) is 5.44. The van der Waals surface area contributed by atoms with Crippen LogP contribution in [0.2, 0.25) is 5.15 Å². The van der Waals surface area contributed by atoms with Crippen LogP contribution in [0.5, 0.6) is 0 Å². The largest absolute Gasteiger partial charge is 0.391 e. The van der Waals surface area contributed by atoms with Gasteiger partial charge < -0.3 is 10.4 Å². The Kier molecular flexibility index (Phi) is 2.80. The molecule has 3 aromatic heterocycles. The number of hydrogen-bond donors (Lipinski definition) is 2. The van der Waals surface area contributed by atoms with Gasteiger partial charge in [-0.25, -0.2) is 9.50 Å². The number of anilines is 1. The number of nitrogens with one attached hydrogen (secondary N) is 1. The molecule has 1 aliphatic carbocycles. The van der Waals surface area contributed by atoms with Crippen molar-refractivity contribution >= 4 is 22.9 Å². The molecule has 0 amide bonds. The molecular formula is C14H12ClN5O. The zero-order valence-electron chi connectivity index (χ0n) is 10.9. The number of aliphatic hydroxyl groups is 1. The summed E-state index contributed by atoms with van der Waals surface area (Å²) in [6.45, 7) is 0. The summed E-state index contributed by atoms with van der Waals surface area (Å²) in [4.78, 5) is 8.65. The summed E-state index contributed by atoms with van der Waals surface area (Å²) < 4.78 is 1.67. The predicted octanol–water partition coefficient (Wildman–Crippen LogP) is 1.99. The summed E-state index contributed by atoms with van der Waals surface area (Å²) in [6, 6.07) is 7.43. The molecule has 0 aliphatic heterocycles. The fourth-order valence-electron chi connectivity index (χ4n) is 2.24. The van der Waals surface area contributed by atoms with E-state index in [1.165, 1.54) is 0 Å². The van der Waals surface area contributed by atoms with Crippen molar-refractivity contribution in [2.24, 2.45) is 0 Å². The molecule has 2 N–H and O–H groups in total. The third kappa shape index (κ3) is 2.32. The van der Waals surface area contributed by atoms with Crippen molar-refractivity contribution in [2.45, 2.75) is 18.6 Å². The van der Waals surface area contributed by atoms with Gasteiger partial charge in [0.1, 0.15) is 10.8 Å². The van der Waals surface area contributed by atoms with Crippen LogP contribution in [-0.2, 0) is 0 Å². The van der Waals surface area contributed by atoms with E-state index in [0.29, 0.717) is 10.8 Å². The van der Waals surface area contributed by atoms with Gasteiger partial charge in [-0.1, -0.05) is 11.6 Å². The minimum absolute atomic E-state index is 0.134. The molecule has 0 radical (unpaired) electrons. The third-order valence-corrected chi connectivity index (χ3v) is 3.66. The van der Waals surface area contributed by atoms with Crippen molar-refractivity contribution < 1.29 is 5.11 Å². The van der Waals surface area contributed by atoms with E-state index in [2.05, 4.69) is 20.4 Å². The van der Waals surface area contributed by atoms with Crippen molar-refractivity contribution in [3.63, 3.8) is 0 Å². The fraction of sp³-hybridized carbons (Fsp3) is 0.214. The van der Waals surface area contributed by atoms with Crippen molar-refractivity contribution in [3.8, 4) is 11.4 Å². The van der Waals surface area contributed by atoms with Gasteiger partial charge in [-0.3, -0.25) is 4.98 Å². The van der Waals surface area contributed by atoms with Crippen molar-refractivity contribution in [1.29, 1.82) is 0 Å². The van der Waals surface area contributed by atoms with Gasteiger partial charge in [0.05, 0.1) is 24.0 Å². The number of aliphatic hydroxyl groups excluding tert-OH is 1. The maximum Gasteiger partial charge on any atom is 0.154 e. The lowest BCUT2D eigenvalue weighted by molar-refractivity contribution is 0.274. The number of rotatable bonds is 3. The number of nitrogens with zero attached hydrogens (tertiary/aromatic N) is 4. The summed E-state index contributed by atoms with van der Waals surface area (Å²) in [5.41, 5.74) is 3.15. The molecule has 2 unspecified atom stereocenters. The molecule has 1 fully saturated rings. The van der Waals surface area contributed by atoms with Crippen molar-refractivity contribution in [2.75, 3.05) is 5.32 Å². The van der Waals surface area contributed by atoms with Gasteiger partial charge in [0, 0.05) is 11.9 Å². The summed E-state index contributed by atoms with van der Waals surface area (Å²) in [5.74, 6) is 0. The second-order valence-electron chi connectivity index (χ2n) is 5.05. The van der Waals surface area contributed by atoms with E-state index < -0.39 is 0 Å². The normalized spacial score (nSPS) is 20.7. The van der Waals surface area contributed by atoms with E-state index >= 15 is 0 Å². The monoisotopic (exact) mass is 301 g/mol. The number of pyridine rings is 1. The molecule has 0 bridgehead atoms. The highest BCUT2D eigenvalue weighted by Gasteiger charge is 2.35. The van der Waals surface area contributed by atoms with Gasteiger partial charge in [0.15, 0.2) is 5.65 Å². The van der Waals surface area contributed by atoms with E-state index in [4.69, 9.17) is 11.6 Å². The Labute approximate surface area is 125 Å². The molecule has 0 aromatic carbocycles. The molecule has 1 saturated carbocycles. The van der Waals surface area contributed by atoms with Crippen LogP contribution in [0.4, 0.5) is 5.69 Å². The first-order chi connectivity index (χ1) is 10.2. The van der Waals surface area contributed by atoms with Gasteiger partial charge in [0.25, 0.3) is 0 Å². The van der Waals surface area contributed by atoms with Crippen LogP contribution in [0, 0.1) is 0 Å². The topological polar surface area (TPSA) is 75.3 Å². The van der Waals surface area contributed by atoms with Gasteiger partial charge in [-0.15, -0.1) is 0 Å². The van der Waals surface area contributed by atoms with Crippen LogP contribution in [0.1, 0.15) is 6.42 Å². The smallest absolute Gasteiger partial charge is 0.154 e. The Morgan fingerprint density at radius 2 is 2.14 bits per heavy atom. The number of imidazole rings is 1. The maximum atomic E-state index is 9.40. The number of aromatic nitrogens is 4. The lowest BCUT2D eigenvalue weighted by atomic mass is 10.2. The maximum absolute atomic E-state index is 9.40. The van der Waals surface area contributed by atoms with Crippen LogP contribution in [0.15, 0.2) is 36.7 Å². The Balaban J connectivity index is 1.74. The quantitative estimate of drug-likeness (QED) is 0.774. The first-order valence-corrected chi connectivity index (χ1v) is 7.00. The van der Waals surface area contributed by atoms with E-state index in [-0.39, 0.29) is 12.1 Å². The SMILES string of the molecule is OC1CC1Nc1ccnc(-c2cnc3ccc(Cl)nn23)c1. The van der Waals surface area contributed by atoms with E-state index in [1.807, 2.05) is 18.2 Å². The summed E-state index contributed by atoms with van der Waals surface area (Å²) in [5, 5.41) is 17.3. The first kappa shape index (κ1) is 12.6. The molecule has 3 aromatic rings. The fourth-order valence-corrected chi connectivity index (χ4v) is 2.38. The molecule has 0 saturated heterocycles. The number of hydrogen-bond acceptors (Lipinski definition) is 5. The first-order valence-electron chi connectivity index (χ1n) is 6.62. The average molecular weight is 302 g/mol. The third-order valence-electron chi connectivity index (χ3n) is 3.46. The second kappa shape index (κ2) is 4.68. The van der Waals surface area contributed by atoms with Gasteiger partial charge in [-0.2, -0.15) is 5.10 Å². The van der Waals surface area contributed by atoms with E-state index in [9.17, 15) is 5.11 Å². The highest BCUT2D eigenvalue weighted by Crippen LogP contribution is 2.27. The average Bonchev–Trinajstić information content (AvgIpc) is 3.00. The lowest BCUT2D eigenvalue weighted by Gasteiger charge is -2.06. The van der Waals surface area contributed by atoms with Crippen LogP contribution >= 0.6 is 11.6 Å². The van der Waals surface area contributed by atoms with E-state index in [0.717, 1.165) is 23.5 Å². The highest BCUT2D eigenvalue weighted by molar-refractivity contribution is 6.29. The Morgan fingerprint density at radius 1 is 1.29 bits per heavy atom. The molecule has 106 valence electrons. The molecule has 21 heavy (non-hydrogen) atoms. The Hall–Kier alpha value is -2.18. The van der Waals surface area contributed by atoms with E-state index in [1.54, 1.807) is 23.0 Å². The molecule has 6 nitrogen and oxygen atoms in total. The van der Waals surface area contributed by atoms with Crippen LogP contribution in [0.25, 0.3) is 17.0 Å². The highest BCUT2D eigenvalue weighted by atomic mass is 35.5. The number of fused-ring (bicyclic) bond motifs is 1. The molecule has 4 rings (SSSR count). The van der Waals surface area contributed by atoms with Gasteiger partial charge >= 0.3 is 0 Å². The molecule has 7 heteroatoms. The Morgan fingerprint density at radius 3 is 2.95 bits per heavy atom. The minimum atomic E-state index is -0.252. The van der Waals surface area contributed by atoms with Crippen LogP contribution in [-0.4, -0.2) is 36.8 Å². The molecular weight excluding hydrogens is 290 g/mol. The molecule has 1 aliphatic rings. The molecule has 2 atom stereocenters. The Bertz CT molecular complexity index is 818.